The molecule has 3 N–H and O–H groups in total. The Morgan fingerprint density at radius 2 is 2.15 bits per heavy atom. The van der Waals surface area contributed by atoms with Crippen LogP contribution in [0.2, 0.25) is 0 Å². The van der Waals surface area contributed by atoms with Gasteiger partial charge in [-0.3, -0.25) is 9.40 Å². The second-order valence-corrected chi connectivity index (χ2v) is 6.06. The third-order valence-electron chi connectivity index (χ3n) is 2.84. The van der Waals surface area contributed by atoms with Crippen LogP contribution in [0, 0.1) is 12.7 Å². The van der Waals surface area contributed by atoms with Gasteiger partial charge in [0.15, 0.2) is 0 Å². The normalized spacial score (nSPS) is 11.6. The Kier molecular flexibility index (Phi) is 3.78. The fourth-order valence-corrected chi connectivity index (χ4v) is 3.12. The first-order chi connectivity index (χ1) is 9.33. The van der Waals surface area contributed by atoms with Gasteiger partial charge in [-0.15, -0.1) is 0 Å². The predicted molar refractivity (Wildman–Crippen MR) is 73.0 cm³/mol. The smallest absolute Gasteiger partial charge is 0.262 e. The van der Waals surface area contributed by atoms with Gasteiger partial charge < -0.3 is 5.73 Å². The fraction of sp³-hybridized carbons (Fsp3) is 0.250. The summed E-state index contributed by atoms with van der Waals surface area (Å²) in [5.41, 5.74) is 6.22. The number of halogens is 1. The molecule has 108 valence electrons. The van der Waals surface area contributed by atoms with Crippen LogP contribution in [0.5, 0.6) is 0 Å². The van der Waals surface area contributed by atoms with Crippen molar-refractivity contribution in [1.82, 2.24) is 9.78 Å². The summed E-state index contributed by atoms with van der Waals surface area (Å²) in [5.74, 6) is -0.598. The minimum atomic E-state index is -3.88. The van der Waals surface area contributed by atoms with E-state index in [0.717, 1.165) is 0 Å². The summed E-state index contributed by atoms with van der Waals surface area (Å²) < 4.78 is 42.1. The van der Waals surface area contributed by atoms with Crippen molar-refractivity contribution in [1.29, 1.82) is 0 Å². The van der Waals surface area contributed by atoms with E-state index in [4.69, 9.17) is 5.73 Å². The lowest BCUT2D eigenvalue weighted by molar-refractivity contribution is 0.589. The zero-order valence-corrected chi connectivity index (χ0v) is 11.9. The van der Waals surface area contributed by atoms with Crippen molar-refractivity contribution in [3.63, 3.8) is 0 Å². The topological polar surface area (TPSA) is 90.0 Å². The van der Waals surface area contributed by atoms with Crippen molar-refractivity contribution in [3.05, 3.63) is 41.5 Å². The van der Waals surface area contributed by atoms with E-state index in [-0.39, 0.29) is 17.0 Å². The van der Waals surface area contributed by atoms with E-state index in [9.17, 15) is 12.8 Å². The fourth-order valence-electron chi connectivity index (χ4n) is 1.79. The summed E-state index contributed by atoms with van der Waals surface area (Å²) >= 11 is 0. The van der Waals surface area contributed by atoms with Crippen LogP contribution in [0.1, 0.15) is 11.1 Å². The molecule has 2 rings (SSSR count). The molecule has 0 aliphatic carbocycles. The van der Waals surface area contributed by atoms with Gasteiger partial charge in [-0.2, -0.15) is 5.10 Å². The number of benzene rings is 1. The number of nitrogens with one attached hydrogen (secondary N) is 1. The number of nitrogens with two attached hydrogens (primary N) is 1. The summed E-state index contributed by atoms with van der Waals surface area (Å²) in [7, 11) is -2.22. The number of nitrogens with zero attached hydrogens (tertiary/aromatic N) is 2. The van der Waals surface area contributed by atoms with E-state index in [0.29, 0.717) is 11.3 Å². The second kappa shape index (κ2) is 5.22. The van der Waals surface area contributed by atoms with E-state index in [1.165, 1.54) is 36.1 Å². The van der Waals surface area contributed by atoms with Crippen molar-refractivity contribution in [3.8, 4) is 0 Å². The molecule has 1 aromatic heterocycles. The maximum Gasteiger partial charge on any atom is 0.262 e. The second-order valence-electron chi connectivity index (χ2n) is 4.41. The van der Waals surface area contributed by atoms with E-state index >= 15 is 0 Å². The number of hydrogen-bond acceptors (Lipinski definition) is 4. The molecule has 0 bridgehead atoms. The number of sulfonamides is 1. The Labute approximate surface area is 116 Å². The largest absolute Gasteiger partial charge is 0.326 e. The van der Waals surface area contributed by atoms with E-state index < -0.39 is 15.8 Å². The molecular formula is C12H15FN4O2S. The molecule has 0 aliphatic rings. The number of aryl methyl sites for hydroxylation is 1. The SMILES string of the molecule is Cc1c(F)cc(CN)cc1S(=O)(=O)Nc1cnn(C)c1. The molecule has 0 saturated heterocycles. The van der Waals surface area contributed by atoms with E-state index in [2.05, 4.69) is 9.82 Å². The predicted octanol–water partition coefficient (Wildman–Crippen LogP) is 1.13. The van der Waals surface area contributed by atoms with Gasteiger partial charge in [0.1, 0.15) is 5.82 Å². The molecule has 6 nitrogen and oxygen atoms in total. The van der Waals surface area contributed by atoms with E-state index in [1.54, 1.807) is 7.05 Å². The van der Waals surface area contributed by atoms with Gasteiger partial charge in [0.2, 0.25) is 0 Å². The Hall–Kier alpha value is -1.93. The Morgan fingerprint density at radius 3 is 2.70 bits per heavy atom. The van der Waals surface area contributed by atoms with Crippen LogP contribution in [0.15, 0.2) is 29.4 Å². The van der Waals surface area contributed by atoms with Crippen molar-refractivity contribution in [2.45, 2.75) is 18.4 Å². The highest BCUT2D eigenvalue weighted by Gasteiger charge is 2.20. The standard InChI is InChI=1S/C12H15FN4O2S/c1-8-11(13)3-9(5-14)4-12(8)20(18,19)16-10-6-15-17(2)7-10/h3-4,6-7,16H,5,14H2,1-2H3. The van der Waals surface area contributed by atoms with Crippen LogP contribution in [0.3, 0.4) is 0 Å². The summed E-state index contributed by atoms with van der Waals surface area (Å²) in [6, 6.07) is 2.61. The van der Waals surface area contributed by atoms with Gasteiger partial charge in [-0.1, -0.05) is 0 Å². The highest BCUT2D eigenvalue weighted by molar-refractivity contribution is 7.92. The number of hydrogen-bond donors (Lipinski definition) is 2. The molecule has 20 heavy (non-hydrogen) atoms. The van der Waals surface area contributed by atoms with Gasteiger partial charge in [-0.25, -0.2) is 12.8 Å². The minimum Gasteiger partial charge on any atom is -0.326 e. The molecule has 0 saturated carbocycles. The van der Waals surface area contributed by atoms with Gasteiger partial charge >= 0.3 is 0 Å². The van der Waals surface area contributed by atoms with Crippen LogP contribution in [-0.2, 0) is 23.6 Å². The zero-order valence-electron chi connectivity index (χ0n) is 11.1. The van der Waals surface area contributed by atoms with Crippen molar-refractivity contribution < 1.29 is 12.8 Å². The van der Waals surface area contributed by atoms with E-state index in [1.807, 2.05) is 0 Å². The lowest BCUT2D eigenvalue weighted by atomic mass is 10.1. The number of anilines is 1. The summed E-state index contributed by atoms with van der Waals surface area (Å²) in [6.45, 7) is 1.47. The summed E-state index contributed by atoms with van der Waals surface area (Å²) in [6.07, 6.45) is 2.88. The van der Waals surface area contributed by atoms with Crippen molar-refractivity contribution >= 4 is 15.7 Å². The molecule has 0 aliphatic heterocycles. The molecule has 0 fully saturated rings. The highest BCUT2D eigenvalue weighted by Crippen LogP contribution is 2.22. The van der Waals surface area contributed by atoms with Gasteiger partial charge in [0.25, 0.3) is 10.0 Å². The molecule has 8 heteroatoms. The molecule has 0 spiro atoms. The maximum absolute atomic E-state index is 13.7. The summed E-state index contributed by atoms with van der Waals surface area (Å²) in [4.78, 5) is -0.123. The first kappa shape index (κ1) is 14.5. The van der Waals surface area contributed by atoms with Crippen molar-refractivity contribution in [2.75, 3.05) is 4.72 Å². The Bertz CT molecular complexity index is 740. The molecule has 0 unspecified atom stereocenters. The third kappa shape index (κ3) is 2.81. The van der Waals surface area contributed by atoms with Crippen LogP contribution in [0.4, 0.5) is 10.1 Å². The highest BCUT2D eigenvalue weighted by atomic mass is 32.2. The van der Waals surface area contributed by atoms with Gasteiger partial charge in [-0.05, 0) is 24.6 Å². The average molecular weight is 298 g/mol. The maximum atomic E-state index is 13.7. The first-order valence-electron chi connectivity index (χ1n) is 5.84. The quantitative estimate of drug-likeness (QED) is 0.885. The average Bonchev–Trinajstić information content (AvgIpc) is 2.76. The molecule has 2 aromatic rings. The molecule has 0 radical (unpaired) electrons. The van der Waals surface area contributed by atoms with Crippen LogP contribution in [-0.4, -0.2) is 18.2 Å². The molecule has 0 amide bonds. The lowest BCUT2D eigenvalue weighted by Crippen LogP contribution is -2.15. The third-order valence-corrected chi connectivity index (χ3v) is 4.35. The molecule has 0 atom stereocenters. The molecule has 1 heterocycles. The van der Waals surface area contributed by atoms with Crippen molar-refractivity contribution in [2.24, 2.45) is 12.8 Å². The lowest BCUT2D eigenvalue weighted by Gasteiger charge is -2.11. The first-order valence-corrected chi connectivity index (χ1v) is 7.32. The van der Waals surface area contributed by atoms with Gasteiger partial charge in [0, 0.05) is 25.4 Å². The zero-order chi connectivity index (χ0) is 14.9. The minimum absolute atomic E-state index is 0.0543. The number of aromatic nitrogens is 2. The number of rotatable bonds is 4. The Balaban J connectivity index is 2.46. The Morgan fingerprint density at radius 1 is 1.45 bits per heavy atom. The monoisotopic (exact) mass is 298 g/mol. The molecular weight excluding hydrogens is 283 g/mol. The van der Waals surface area contributed by atoms with Gasteiger partial charge in [0.05, 0.1) is 16.8 Å². The van der Waals surface area contributed by atoms with Crippen LogP contribution in [0.25, 0.3) is 0 Å². The summed E-state index contributed by atoms with van der Waals surface area (Å²) in [5, 5.41) is 3.86. The van der Waals surface area contributed by atoms with Crippen LogP contribution >= 0.6 is 0 Å². The molecule has 1 aromatic carbocycles. The van der Waals surface area contributed by atoms with Crippen LogP contribution < -0.4 is 10.5 Å².